The number of rotatable bonds is 15. The molecule has 0 saturated heterocycles. The van der Waals surface area contributed by atoms with Crippen molar-refractivity contribution in [1.29, 1.82) is 5.26 Å². The molecule has 6 aromatic rings. The van der Waals surface area contributed by atoms with Gasteiger partial charge in [-0.25, -0.2) is 34.7 Å². The van der Waals surface area contributed by atoms with E-state index in [1.165, 1.54) is 48.9 Å². The van der Waals surface area contributed by atoms with Gasteiger partial charge in [-0.2, -0.15) is 5.26 Å². The summed E-state index contributed by atoms with van der Waals surface area (Å²) in [6.07, 6.45) is 3.78. The molecule has 0 aliphatic carbocycles. The normalized spacial score (nSPS) is 10.4. The molecule has 60 heavy (non-hydrogen) atoms. The molecule has 0 fully saturated rings. The molecular weight excluding hydrogens is 866 g/mol. The molecule has 4 aromatic heterocycles. The Morgan fingerprint density at radius 3 is 1.77 bits per heavy atom. The Morgan fingerprint density at radius 2 is 1.25 bits per heavy atom. The lowest BCUT2D eigenvalue weighted by Crippen LogP contribution is -2.17. The van der Waals surface area contributed by atoms with E-state index in [-0.39, 0.29) is 45.0 Å². The number of carbonyl (C=O) groups is 1. The lowest BCUT2D eigenvalue weighted by molar-refractivity contribution is -0.385. The molecule has 0 aliphatic rings. The number of nitrogen functional groups attached to an aromatic ring is 1. The highest BCUT2D eigenvalue weighted by Gasteiger charge is 2.19. The van der Waals surface area contributed by atoms with E-state index in [9.17, 15) is 35.4 Å². The van der Waals surface area contributed by atoms with E-state index in [0.717, 1.165) is 0 Å². The highest BCUT2D eigenvalue weighted by molar-refractivity contribution is 6.37. The third-order valence-corrected chi connectivity index (χ3v) is 8.88. The predicted octanol–water partition coefficient (Wildman–Crippen LogP) is 7.71. The minimum absolute atomic E-state index is 0.0759. The van der Waals surface area contributed by atoms with Crippen molar-refractivity contribution in [2.24, 2.45) is 0 Å². The van der Waals surface area contributed by atoms with Crippen LogP contribution in [0.4, 0.5) is 40.7 Å². The largest absolute Gasteiger partial charge is 0.478 e. The van der Waals surface area contributed by atoms with E-state index in [0.29, 0.717) is 75.7 Å². The summed E-state index contributed by atoms with van der Waals surface area (Å²) in [4.78, 5) is 56.5. The fourth-order valence-electron chi connectivity index (χ4n) is 4.99. The fourth-order valence-corrected chi connectivity index (χ4v) is 5.99. The second-order valence-corrected chi connectivity index (χ2v) is 13.5. The summed E-state index contributed by atoms with van der Waals surface area (Å²) in [5, 5.41) is 53.7. The second-order valence-electron chi connectivity index (χ2n) is 11.8. The van der Waals surface area contributed by atoms with E-state index >= 15 is 0 Å². The number of nitrogens with zero attached hydrogens (tertiary/aromatic N) is 9. The van der Waals surface area contributed by atoms with Crippen LogP contribution >= 0.6 is 46.4 Å². The van der Waals surface area contributed by atoms with Crippen molar-refractivity contribution in [2.45, 2.75) is 0 Å². The molecule has 0 radical (unpaired) electrons. The second kappa shape index (κ2) is 20.5. The maximum absolute atomic E-state index is 11.6. The molecule has 20 nitrogen and oxygen atoms in total. The predicted molar refractivity (Wildman–Crippen MR) is 227 cm³/mol. The topological polar surface area (TPSA) is 299 Å². The number of hydrogen-bond donors (Lipinski definition) is 6. The van der Waals surface area contributed by atoms with Gasteiger partial charge in [0.2, 0.25) is 17.7 Å². The SMILES string of the molecule is N#Cc1cnc(NCCNc2ccc([N+](=O)[O-])cn2)nc1-c1ccc(Cl)cc1Cl.Nc1nc(NCCNc2ncc(C(=O)O)c(-c3ccc(Cl)cc3Cl)n2)ccc1[N+](=O)[O-]. The Kier molecular flexibility index (Phi) is 15.0. The summed E-state index contributed by atoms with van der Waals surface area (Å²) in [7, 11) is 0. The van der Waals surface area contributed by atoms with E-state index in [1.807, 2.05) is 0 Å². The first-order chi connectivity index (χ1) is 28.7. The average Bonchev–Trinajstić information content (AvgIpc) is 3.21. The van der Waals surface area contributed by atoms with Gasteiger partial charge in [0.25, 0.3) is 5.69 Å². The zero-order chi connectivity index (χ0) is 43.3. The number of halogens is 4. The van der Waals surface area contributed by atoms with Gasteiger partial charge in [0.15, 0.2) is 0 Å². The minimum atomic E-state index is -1.20. The number of aromatic carboxylic acids is 1. The van der Waals surface area contributed by atoms with E-state index < -0.39 is 15.8 Å². The van der Waals surface area contributed by atoms with Crippen molar-refractivity contribution in [2.75, 3.05) is 53.2 Å². The van der Waals surface area contributed by atoms with Crippen LogP contribution in [0.2, 0.25) is 20.1 Å². The summed E-state index contributed by atoms with van der Waals surface area (Å²) < 4.78 is 0. The van der Waals surface area contributed by atoms with Crippen molar-refractivity contribution >= 4 is 93.1 Å². The molecule has 0 saturated carbocycles. The number of anilines is 5. The van der Waals surface area contributed by atoms with Gasteiger partial charge in [0, 0.05) is 65.7 Å². The van der Waals surface area contributed by atoms with Crippen LogP contribution < -0.4 is 27.0 Å². The number of pyridine rings is 2. The van der Waals surface area contributed by atoms with Crippen molar-refractivity contribution in [3.63, 3.8) is 0 Å². The van der Waals surface area contributed by atoms with Gasteiger partial charge >= 0.3 is 11.7 Å². The first kappa shape index (κ1) is 43.9. The van der Waals surface area contributed by atoms with Crippen molar-refractivity contribution in [3.8, 4) is 28.6 Å². The van der Waals surface area contributed by atoms with Crippen molar-refractivity contribution < 1.29 is 19.7 Å². The number of nitrogens with one attached hydrogen (secondary N) is 4. The lowest BCUT2D eigenvalue weighted by atomic mass is 10.1. The number of carboxylic acid groups (broad SMARTS) is 1. The minimum Gasteiger partial charge on any atom is -0.478 e. The van der Waals surface area contributed by atoms with Gasteiger partial charge in [-0.05, 0) is 48.5 Å². The monoisotopic (exact) mass is 892 g/mol. The van der Waals surface area contributed by atoms with Crippen LogP contribution in [-0.2, 0) is 0 Å². The average molecular weight is 895 g/mol. The number of benzene rings is 2. The van der Waals surface area contributed by atoms with Gasteiger partial charge in [0.05, 0.1) is 43.0 Å². The first-order valence-corrected chi connectivity index (χ1v) is 18.5. The summed E-state index contributed by atoms with van der Waals surface area (Å²) in [6.45, 7) is 1.59. The number of hydrogen-bond acceptors (Lipinski definition) is 17. The van der Waals surface area contributed by atoms with Crippen LogP contribution in [0, 0.1) is 31.6 Å². The molecule has 4 heterocycles. The maximum Gasteiger partial charge on any atom is 0.339 e. The van der Waals surface area contributed by atoms with Crippen molar-refractivity contribution in [1.82, 2.24) is 29.9 Å². The van der Waals surface area contributed by atoms with Crippen LogP contribution in [0.5, 0.6) is 0 Å². The zero-order valence-corrected chi connectivity index (χ0v) is 33.5. The van der Waals surface area contributed by atoms with Crippen LogP contribution in [0.25, 0.3) is 22.5 Å². The maximum atomic E-state index is 11.6. The Labute approximate surface area is 359 Å². The van der Waals surface area contributed by atoms with Crippen LogP contribution in [0.15, 0.2) is 79.3 Å². The highest BCUT2D eigenvalue weighted by Crippen LogP contribution is 2.33. The molecule has 306 valence electrons. The molecule has 6 rings (SSSR count). The van der Waals surface area contributed by atoms with E-state index in [1.54, 1.807) is 30.3 Å². The van der Waals surface area contributed by atoms with Gasteiger partial charge in [-0.3, -0.25) is 20.2 Å². The zero-order valence-electron chi connectivity index (χ0n) is 30.4. The molecule has 0 spiro atoms. The summed E-state index contributed by atoms with van der Waals surface area (Å²) in [6, 6.07) is 17.2. The van der Waals surface area contributed by atoms with Crippen molar-refractivity contribution in [3.05, 3.63) is 131 Å². The molecule has 24 heteroatoms. The number of aromatic nitrogens is 6. The fraction of sp³-hybridized carbons (Fsp3) is 0.111. The first-order valence-electron chi connectivity index (χ1n) is 17.0. The quantitative estimate of drug-likeness (QED) is 0.0327. The molecule has 0 atom stereocenters. The van der Waals surface area contributed by atoms with Crippen LogP contribution in [0.1, 0.15) is 15.9 Å². The lowest BCUT2D eigenvalue weighted by Gasteiger charge is -2.11. The third kappa shape index (κ3) is 11.7. The van der Waals surface area contributed by atoms with Crippen LogP contribution in [-0.4, -0.2) is 77.0 Å². The Hall–Kier alpha value is -7.18. The Morgan fingerprint density at radius 1 is 0.700 bits per heavy atom. The Bertz CT molecular complexity index is 2600. The van der Waals surface area contributed by atoms with Gasteiger partial charge in [0.1, 0.15) is 29.5 Å². The van der Waals surface area contributed by atoms with Gasteiger partial charge in [-0.15, -0.1) is 0 Å². The van der Waals surface area contributed by atoms with E-state index in [4.69, 9.17) is 52.1 Å². The van der Waals surface area contributed by atoms with E-state index in [2.05, 4.69) is 57.2 Å². The number of nitrogens with two attached hydrogens (primary N) is 1. The third-order valence-electron chi connectivity index (χ3n) is 7.79. The summed E-state index contributed by atoms with van der Waals surface area (Å²) in [5.74, 6) is -0.0176. The number of nitro groups is 2. The van der Waals surface area contributed by atoms with Gasteiger partial charge in [-0.1, -0.05) is 46.4 Å². The summed E-state index contributed by atoms with van der Waals surface area (Å²) >= 11 is 24.3. The number of carboxylic acids is 1. The standard InChI is InChI=1S/C18H15Cl2N7O4.C18H13Cl2N7O2/c19-9-1-2-10(12(20)7-9)15-11(17(28)29)8-24-18(26-15)23-6-5-22-14-4-3-13(27(30)31)16(21)25-14;19-12-1-3-14(15(20)7-12)17-11(8-21)9-25-18(26-17)23-6-5-22-16-4-2-13(10-24-16)27(28)29/h1-4,7-8H,5-6H2,(H,28,29)(H3,21,22,25)(H,23,24,26);1-4,7,9-10H,5-6H2,(H,22,24)(H,23,25,26). The molecule has 0 aliphatic heterocycles. The van der Waals surface area contributed by atoms with Crippen LogP contribution in [0.3, 0.4) is 0 Å². The summed E-state index contributed by atoms with van der Waals surface area (Å²) in [5.41, 5.74) is 6.90. The molecule has 0 bridgehead atoms. The highest BCUT2D eigenvalue weighted by atomic mass is 35.5. The molecule has 7 N–H and O–H groups in total. The molecule has 2 aromatic carbocycles. The smallest absolute Gasteiger partial charge is 0.339 e. The molecular formula is C36H28Cl4N14O6. The molecule has 0 amide bonds. The van der Waals surface area contributed by atoms with Gasteiger partial charge < -0.3 is 32.1 Å². The Balaban J connectivity index is 0.000000228. The molecule has 0 unspecified atom stereocenters. The number of nitriles is 1.